The Balaban J connectivity index is 3.94. The zero-order chi connectivity index (χ0) is 16.3. The standard InChI is InChI=1S/C15H28O6/c1-12(16)15(21,10-6-2-4-8-13(17)18)11-7-3-5-9-14(19)20/h12,16,21H,2-11H2,1H3,(H,17,18)(H,19,20). The molecule has 0 aromatic heterocycles. The minimum Gasteiger partial charge on any atom is -0.481 e. The van der Waals surface area contributed by atoms with Gasteiger partial charge in [0.1, 0.15) is 0 Å². The highest BCUT2D eigenvalue weighted by molar-refractivity contribution is 5.66. The van der Waals surface area contributed by atoms with Crippen molar-refractivity contribution in [2.45, 2.75) is 82.8 Å². The summed E-state index contributed by atoms with van der Waals surface area (Å²) in [5.41, 5.74) is -1.16. The molecule has 4 N–H and O–H groups in total. The van der Waals surface area contributed by atoms with E-state index in [1.807, 2.05) is 0 Å². The lowest BCUT2D eigenvalue weighted by atomic mass is 9.85. The van der Waals surface area contributed by atoms with Crippen LogP contribution in [0.2, 0.25) is 0 Å². The van der Waals surface area contributed by atoms with Gasteiger partial charge in [0.15, 0.2) is 0 Å². The van der Waals surface area contributed by atoms with E-state index in [0.29, 0.717) is 51.4 Å². The number of rotatable bonds is 13. The summed E-state index contributed by atoms with van der Waals surface area (Å²) in [6.07, 6.45) is 4.18. The average Bonchev–Trinajstić information content (AvgIpc) is 2.37. The predicted octanol–water partition coefficient (Wildman–Crippen LogP) is 2.17. The third-order valence-electron chi connectivity index (χ3n) is 3.78. The summed E-state index contributed by atoms with van der Waals surface area (Å²) < 4.78 is 0. The van der Waals surface area contributed by atoms with Gasteiger partial charge in [0.05, 0.1) is 11.7 Å². The molecule has 0 fully saturated rings. The molecule has 0 amide bonds. The van der Waals surface area contributed by atoms with Crippen LogP contribution in [0.3, 0.4) is 0 Å². The molecule has 1 atom stereocenters. The molecule has 0 aliphatic carbocycles. The Labute approximate surface area is 125 Å². The van der Waals surface area contributed by atoms with Crippen LogP contribution in [0.15, 0.2) is 0 Å². The van der Waals surface area contributed by atoms with Crippen LogP contribution in [0.1, 0.15) is 71.1 Å². The summed E-state index contributed by atoms with van der Waals surface area (Å²) in [7, 11) is 0. The quantitative estimate of drug-likeness (QED) is 0.388. The van der Waals surface area contributed by atoms with Gasteiger partial charge < -0.3 is 20.4 Å². The molecule has 21 heavy (non-hydrogen) atoms. The summed E-state index contributed by atoms with van der Waals surface area (Å²) in [5.74, 6) is -1.64. The molecule has 0 radical (unpaired) electrons. The highest BCUT2D eigenvalue weighted by Crippen LogP contribution is 2.26. The zero-order valence-corrected chi connectivity index (χ0v) is 12.8. The summed E-state index contributed by atoms with van der Waals surface area (Å²) in [4.78, 5) is 20.8. The number of aliphatic hydroxyl groups excluding tert-OH is 1. The number of hydrogen-bond acceptors (Lipinski definition) is 4. The van der Waals surface area contributed by atoms with Gasteiger partial charge in [0.2, 0.25) is 0 Å². The van der Waals surface area contributed by atoms with Gasteiger partial charge in [-0.1, -0.05) is 25.7 Å². The average molecular weight is 304 g/mol. The van der Waals surface area contributed by atoms with Crippen LogP contribution in [0.5, 0.6) is 0 Å². The Morgan fingerprint density at radius 3 is 1.52 bits per heavy atom. The van der Waals surface area contributed by atoms with E-state index < -0.39 is 23.6 Å². The molecule has 0 rings (SSSR count). The van der Waals surface area contributed by atoms with Gasteiger partial charge >= 0.3 is 11.9 Å². The van der Waals surface area contributed by atoms with Crippen molar-refractivity contribution in [2.75, 3.05) is 0 Å². The minimum atomic E-state index is -1.16. The molecule has 0 aromatic carbocycles. The summed E-state index contributed by atoms with van der Waals surface area (Å²) in [5, 5.41) is 37.2. The first-order valence-corrected chi connectivity index (χ1v) is 7.62. The van der Waals surface area contributed by atoms with Crippen molar-refractivity contribution >= 4 is 11.9 Å². The van der Waals surface area contributed by atoms with Gasteiger partial charge in [-0.2, -0.15) is 0 Å². The molecular formula is C15H28O6. The molecule has 124 valence electrons. The van der Waals surface area contributed by atoms with E-state index in [0.717, 1.165) is 0 Å². The van der Waals surface area contributed by atoms with Gasteiger partial charge in [-0.05, 0) is 32.6 Å². The van der Waals surface area contributed by atoms with Crippen molar-refractivity contribution < 1.29 is 30.0 Å². The van der Waals surface area contributed by atoms with Crippen molar-refractivity contribution in [3.05, 3.63) is 0 Å². The first-order chi connectivity index (χ1) is 9.78. The molecule has 0 bridgehead atoms. The molecular weight excluding hydrogens is 276 g/mol. The number of carboxylic acid groups (broad SMARTS) is 2. The van der Waals surface area contributed by atoms with Gasteiger partial charge in [-0.15, -0.1) is 0 Å². The molecule has 6 nitrogen and oxygen atoms in total. The second-order valence-corrected chi connectivity index (χ2v) is 5.69. The van der Waals surface area contributed by atoms with Crippen LogP contribution in [0, 0.1) is 0 Å². The largest absolute Gasteiger partial charge is 0.481 e. The van der Waals surface area contributed by atoms with Gasteiger partial charge in [0.25, 0.3) is 0 Å². The molecule has 0 aromatic rings. The molecule has 0 aliphatic heterocycles. The van der Waals surface area contributed by atoms with E-state index in [9.17, 15) is 19.8 Å². The molecule has 0 spiro atoms. The van der Waals surface area contributed by atoms with E-state index in [4.69, 9.17) is 10.2 Å². The molecule has 0 saturated heterocycles. The van der Waals surface area contributed by atoms with Gasteiger partial charge in [-0.3, -0.25) is 9.59 Å². The maximum atomic E-state index is 10.4. The number of carbonyl (C=O) groups is 2. The fourth-order valence-corrected chi connectivity index (χ4v) is 2.31. The first kappa shape index (κ1) is 19.9. The predicted molar refractivity (Wildman–Crippen MR) is 78.1 cm³/mol. The van der Waals surface area contributed by atoms with Crippen LogP contribution >= 0.6 is 0 Å². The first-order valence-electron chi connectivity index (χ1n) is 7.62. The van der Waals surface area contributed by atoms with Crippen LogP contribution in [-0.4, -0.2) is 44.1 Å². The number of carboxylic acids is 2. The second kappa shape index (κ2) is 10.6. The van der Waals surface area contributed by atoms with Crippen molar-refractivity contribution in [3.8, 4) is 0 Å². The Hall–Kier alpha value is -1.14. The number of unbranched alkanes of at least 4 members (excludes halogenated alkanes) is 4. The monoisotopic (exact) mass is 304 g/mol. The lowest BCUT2D eigenvalue weighted by Gasteiger charge is -2.31. The molecule has 6 heteroatoms. The smallest absolute Gasteiger partial charge is 0.303 e. The van der Waals surface area contributed by atoms with E-state index in [1.54, 1.807) is 6.92 Å². The SMILES string of the molecule is CC(O)C(O)(CCCCCC(=O)O)CCCCCC(=O)O. The Morgan fingerprint density at radius 1 is 0.857 bits per heavy atom. The molecule has 0 aliphatic rings. The summed E-state index contributed by atoms with van der Waals surface area (Å²) in [6, 6.07) is 0. The summed E-state index contributed by atoms with van der Waals surface area (Å²) >= 11 is 0. The lowest BCUT2D eigenvalue weighted by Crippen LogP contribution is -2.40. The van der Waals surface area contributed by atoms with Crippen molar-refractivity contribution in [1.82, 2.24) is 0 Å². The molecule has 0 heterocycles. The zero-order valence-electron chi connectivity index (χ0n) is 12.8. The van der Waals surface area contributed by atoms with Crippen molar-refractivity contribution in [1.29, 1.82) is 0 Å². The highest BCUT2D eigenvalue weighted by atomic mass is 16.4. The van der Waals surface area contributed by atoms with E-state index in [-0.39, 0.29) is 12.8 Å². The van der Waals surface area contributed by atoms with Crippen LogP contribution in [0.25, 0.3) is 0 Å². The van der Waals surface area contributed by atoms with Crippen LogP contribution in [0.4, 0.5) is 0 Å². The van der Waals surface area contributed by atoms with Crippen molar-refractivity contribution in [3.63, 3.8) is 0 Å². The maximum Gasteiger partial charge on any atom is 0.303 e. The summed E-state index contributed by atoms with van der Waals surface area (Å²) in [6.45, 7) is 1.55. The molecule has 0 saturated carbocycles. The van der Waals surface area contributed by atoms with Crippen LogP contribution in [-0.2, 0) is 9.59 Å². The Morgan fingerprint density at radius 2 is 1.24 bits per heavy atom. The van der Waals surface area contributed by atoms with E-state index in [2.05, 4.69) is 0 Å². The third-order valence-corrected chi connectivity index (χ3v) is 3.78. The Kier molecular flexibility index (Phi) is 9.99. The number of aliphatic hydroxyl groups is 2. The van der Waals surface area contributed by atoms with Crippen LogP contribution < -0.4 is 0 Å². The number of aliphatic carboxylic acids is 2. The normalized spacial score (nSPS) is 13.1. The van der Waals surface area contributed by atoms with Gasteiger partial charge in [-0.25, -0.2) is 0 Å². The third kappa shape index (κ3) is 10.3. The lowest BCUT2D eigenvalue weighted by molar-refractivity contribution is -0.138. The topological polar surface area (TPSA) is 115 Å². The maximum absolute atomic E-state index is 10.4. The highest BCUT2D eigenvalue weighted by Gasteiger charge is 2.31. The fourth-order valence-electron chi connectivity index (χ4n) is 2.31. The van der Waals surface area contributed by atoms with E-state index >= 15 is 0 Å². The van der Waals surface area contributed by atoms with E-state index in [1.165, 1.54) is 0 Å². The van der Waals surface area contributed by atoms with Gasteiger partial charge in [0, 0.05) is 12.8 Å². The second-order valence-electron chi connectivity index (χ2n) is 5.69. The minimum absolute atomic E-state index is 0.127. The molecule has 1 unspecified atom stereocenters. The fraction of sp³-hybridized carbons (Fsp3) is 0.867. The Bertz CT molecular complexity index is 289. The van der Waals surface area contributed by atoms with Crippen molar-refractivity contribution in [2.24, 2.45) is 0 Å². The number of hydrogen-bond donors (Lipinski definition) is 4.